The first-order valence-electron chi connectivity index (χ1n) is 6.11. The predicted octanol–water partition coefficient (Wildman–Crippen LogP) is 1.49. The Morgan fingerprint density at radius 3 is 2.53 bits per heavy atom. The van der Waals surface area contributed by atoms with Gasteiger partial charge in [-0.05, 0) is 44.6 Å². The van der Waals surface area contributed by atoms with Crippen molar-refractivity contribution in [3.8, 4) is 0 Å². The van der Waals surface area contributed by atoms with Crippen LogP contribution in [0.2, 0.25) is 0 Å². The molecule has 3 heteroatoms. The number of likely N-dealkylation sites (N-methyl/N-ethyl adjacent to an activating group) is 1. The van der Waals surface area contributed by atoms with Gasteiger partial charge in [-0.1, -0.05) is 18.2 Å². The minimum Gasteiger partial charge on any atom is -0.387 e. The average Bonchev–Trinajstić information content (AvgIpc) is 2.27. The first-order chi connectivity index (χ1) is 8.00. The summed E-state index contributed by atoms with van der Waals surface area (Å²) in [5.74, 6) is 0. The molecule has 0 bridgehead atoms. The van der Waals surface area contributed by atoms with E-state index in [4.69, 9.17) is 0 Å². The molecule has 3 nitrogen and oxygen atoms in total. The highest BCUT2D eigenvalue weighted by molar-refractivity contribution is 5.31. The minimum absolute atomic E-state index is 0.420. The van der Waals surface area contributed by atoms with Crippen LogP contribution in [-0.4, -0.2) is 43.7 Å². The molecule has 2 N–H and O–H groups in total. The first kappa shape index (κ1) is 14.2. The van der Waals surface area contributed by atoms with Crippen LogP contribution < -0.4 is 5.32 Å². The molecule has 0 aliphatic carbocycles. The summed E-state index contributed by atoms with van der Waals surface area (Å²) in [6, 6.07) is 6.13. The van der Waals surface area contributed by atoms with Gasteiger partial charge in [0.2, 0.25) is 0 Å². The molecular weight excluding hydrogens is 212 g/mol. The number of hydrogen-bond donors (Lipinski definition) is 2. The zero-order chi connectivity index (χ0) is 12.8. The minimum atomic E-state index is -0.420. The Balaban J connectivity index is 2.41. The lowest BCUT2D eigenvalue weighted by atomic mass is 10.0. The smallest absolute Gasteiger partial charge is 0.0914 e. The maximum absolute atomic E-state index is 10.0. The average molecular weight is 236 g/mol. The molecule has 1 aromatic rings. The number of rotatable bonds is 6. The molecule has 0 aliphatic heterocycles. The van der Waals surface area contributed by atoms with Gasteiger partial charge in [-0.15, -0.1) is 0 Å². The van der Waals surface area contributed by atoms with Crippen molar-refractivity contribution in [2.75, 3.05) is 33.7 Å². The lowest BCUT2D eigenvalue weighted by molar-refractivity contribution is 0.173. The molecule has 1 rings (SSSR count). The molecule has 0 spiro atoms. The van der Waals surface area contributed by atoms with Crippen molar-refractivity contribution in [3.63, 3.8) is 0 Å². The van der Waals surface area contributed by atoms with Gasteiger partial charge in [0.1, 0.15) is 0 Å². The van der Waals surface area contributed by atoms with Crippen LogP contribution >= 0.6 is 0 Å². The van der Waals surface area contributed by atoms with E-state index in [9.17, 15) is 5.11 Å². The molecule has 96 valence electrons. The highest BCUT2D eigenvalue weighted by atomic mass is 16.3. The normalized spacial score (nSPS) is 13.1. The Morgan fingerprint density at radius 2 is 1.94 bits per heavy atom. The van der Waals surface area contributed by atoms with Gasteiger partial charge >= 0.3 is 0 Å². The molecule has 17 heavy (non-hydrogen) atoms. The third kappa shape index (κ3) is 4.86. The molecule has 0 saturated heterocycles. The number of aliphatic hydroxyl groups is 1. The van der Waals surface area contributed by atoms with E-state index in [1.807, 2.05) is 20.2 Å². The highest BCUT2D eigenvalue weighted by Gasteiger charge is 2.07. The van der Waals surface area contributed by atoms with Crippen LogP contribution in [-0.2, 0) is 0 Å². The Labute approximate surface area is 104 Å². The second-order valence-electron chi connectivity index (χ2n) is 4.87. The number of aliphatic hydroxyl groups excluding tert-OH is 1. The van der Waals surface area contributed by atoms with E-state index >= 15 is 0 Å². The van der Waals surface area contributed by atoms with Gasteiger partial charge in [0.15, 0.2) is 0 Å². The second kappa shape index (κ2) is 6.74. The van der Waals surface area contributed by atoms with Gasteiger partial charge in [-0.3, -0.25) is 0 Å². The number of nitrogens with one attached hydrogen (secondary N) is 1. The number of hydrogen-bond acceptors (Lipinski definition) is 3. The zero-order valence-corrected chi connectivity index (χ0v) is 11.3. The Bertz CT molecular complexity index is 350. The molecule has 1 aromatic carbocycles. The van der Waals surface area contributed by atoms with Crippen molar-refractivity contribution in [2.24, 2.45) is 0 Å². The quantitative estimate of drug-likeness (QED) is 0.735. The zero-order valence-electron chi connectivity index (χ0n) is 11.3. The number of nitrogens with zero attached hydrogens (tertiary/aromatic N) is 1. The molecule has 1 unspecified atom stereocenters. The van der Waals surface area contributed by atoms with Gasteiger partial charge in [0.25, 0.3) is 0 Å². The van der Waals surface area contributed by atoms with Gasteiger partial charge in [0, 0.05) is 19.6 Å². The van der Waals surface area contributed by atoms with Crippen LogP contribution in [0.1, 0.15) is 22.8 Å². The van der Waals surface area contributed by atoms with Crippen molar-refractivity contribution < 1.29 is 5.11 Å². The Kier molecular flexibility index (Phi) is 5.62. The molecular formula is C14H24N2O. The van der Waals surface area contributed by atoms with Gasteiger partial charge in [-0.25, -0.2) is 0 Å². The number of benzene rings is 1. The van der Waals surface area contributed by atoms with Gasteiger partial charge in [-0.2, -0.15) is 0 Å². The van der Waals surface area contributed by atoms with Crippen molar-refractivity contribution in [1.82, 2.24) is 10.2 Å². The van der Waals surface area contributed by atoms with Gasteiger partial charge < -0.3 is 15.3 Å². The molecule has 1 atom stereocenters. The largest absolute Gasteiger partial charge is 0.387 e. The summed E-state index contributed by atoms with van der Waals surface area (Å²) in [7, 11) is 4.09. The van der Waals surface area contributed by atoms with Crippen LogP contribution in [0.5, 0.6) is 0 Å². The summed E-state index contributed by atoms with van der Waals surface area (Å²) < 4.78 is 0. The van der Waals surface area contributed by atoms with Crippen molar-refractivity contribution in [1.29, 1.82) is 0 Å². The summed E-state index contributed by atoms with van der Waals surface area (Å²) in [5.41, 5.74) is 3.49. The molecule has 0 saturated carbocycles. The molecule has 0 amide bonds. The summed E-state index contributed by atoms with van der Waals surface area (Å²) >= 11 is 0. The molecule has 0 radical (unpaired) electrons. The lowest BCUT2D eigenvalue weighted by Gasteiger charge is -2.15. The Morgan fingerprint density at radius 1 is 1.24 bits per heavy atom. The van der Waals surface area contributed by atoms with Crippen molar-refractivity contribution in [2.45, 2.75) is 20.0 Å². The van der Waals surface area contributed by atoms with Crippen LogP contribution in [0.15, 0.2) is 18.2 Å². The maximum atomic E-state index is 10.0. The van der Waals surface area contributed by atoms with E-state index in [1.165, 1.54) is 11.1 Å². The van der Waals surface area contributed by atoms with Gasteiger partial charge in [0.05, 0.1) is 6.10 Å². The maximum Gasteiger partial charge on any atom is 0.0914 e. The van der Waals surface area contributed by atoms with E-state index in [2.05, 4.69) is 36.2 Å². The lowest BCUT2D eigenvalue weighted by Crippen LogP contribution is -2.29. The number of aryl methyl sites for hydroxylation is 2. The summed E-state index contributed by atoms with van der Waals surface area (Å²) in [6.07, 6.45) is -0.420. The van der Waals surface area contributed by atoms with Crippen LogP contribution in [0, 0.1) is 13.8 Å². The van der Waals surface area contributed by atoms with E-state index in [0.717, 1.165) is 18.7 Å². The SMILES string of the molecule is Cc1ccc(C(O)CNCCN(C)C)cc1C. The van der Waals surface area contributed by atoms with Crippen molar-refractivity contribution in [3.05, 3.63) is 34.9 Å². The summed E-state index contributed by atoms with van der Waals surface area (Å²) in [4.78, 5) is 2.12. The summed E-state index contributed by atoms with van der Waals surface area (Å²) in [5, 5.41) is 13.3. The van der Waals surface area contributed by atoms with E-state index in [-0.39, 0.29) is 0 Å². The summed E-state index contributed by atoms with van der Waals surface area (Å²) in [6.45, 7) is 6.65. The fourth-order valence-corrected chi connectivity index (χ4v) is 1.63. The standard InChI is InChI=1S/C14H24N2O/c1-11-5-6-13(9-12(11)2)14(17)10-15-7-8-16(3)4/h5-6,9,14-15,17H,7-8,10H2,1-4H3. The monoisotopic (exact) mass is 236 g/mol. The van der Waals surface area contributed by atoms with E-state index in [1.54, 1.807) is 0 Å². The molecule has 0 heterocycles. The third-order valence-corrected chi connectivity index (χ3v) is 2.99. The predicted molar refractivity (Wildman–Crippen MR) is 72.3 cm³/mol. The highest BCUT2D eigenvalue weighted by Crippen LogP contribution is 2.16. The second-order valence-corrected chi connectivity index (χ2v) is 4.87. The van der Waals surface area contributed by atoms with Crippen LogP contribution in [0.3, 0.4) is 0 Å². The topological polar surface area (TPSA) is 35.5 Å². The van der Waals surface area contributed by atoms with E-state index < -0.39 is 6.10 Å². The Hall–Kier alpha value is -0.900. The first-order valence-corrected chi connectivity index (χ1v) is 6.11. The van der Waals surface area contributed by atoms with Crippen LogP contribution in [0.4, 0.5) is 0 Å². The fourth-order valence-electron chi connectivity index (χ4n) is 1.63. The molecule has 0 fully saturated rings. The third-order valence-electron chi connectivity index (χ3n) is 2.99. The molecule has 0 aliphatic rings. The fraction of sp³-hybridized carbons (Fsp3) is 0.571. The van der Waals surface area contributed by atoms with E-state index in [0.29, 0.717) is 6.54 Å². The molecule has 0 aromatic heterocycles. The van der Waals surface area contributed by atoms with Crippen molar-refractivity contribution >= 4 is 0 Å². The van der Waals surface area contributed by atoms with Crippen LogP contribution in [0.25, 0.3) is 0 Å².